The smallest absolute Gasteiger partial charge is 0.317 e. The molecule has 154 valence electrons. The molecule has 1 N–H and O–H groups in total. The van der Waals surface area contributed by atoms with Crippen LogP contribution in [0.5, 0.6) is 0 Å². The van der Waals surface area contributed by atoms with Crippen LogP contribution in [0.3, 0.4) is 0 Å². The molecule has 0 atom stereocenters. The van der Waals surface area contributed by atoms with Crippen molar-refractivity contribution >= 4 is 6.03 Å². The summed E-state index contributed by atoms with van der Waals surface area (Å²) in [5.74, 6) is 0.850. The van der Waals surface area contributed by atoms with E-state index in [2.05, 4.69) is 28.1 Å². The molecule has 1 aromatic carbocycles. The monoisotopic (exact) mass is 385 g/mol. The van der Waals surface area contributed by atoms with Crippen LogP contribution in [0.4, 0.5) is 4.79 Å². The van der Waals surface area contributed by atoms with E-state index in [4.69, 9.17) is 5.26 Å². The Labute approximate surface area is 170 Å². The molecule has 28 heavy (non-hydrogen) atoms. The maximum Gasteiger partial charge on any atom is 0.317 e. The number of hydrogen-bond acceptors (Lipinski definition) is 4. The van der Waals surface area contributed by atoms with Crippen LogP contribution in [0.15, 0.2) is 24.3 Å². The number of nitriles is 1. The van der Waals surface area contributed by atoms with E-state index in [0.29, 0.717) is 25.2 Å². The standard InChI is InChI=1S/C22H35N5O/c1-19-9-13-26(14-10-19)12-4-11-24-22(28)27(16-15-25(2)3)18-21-7-5-20(17-23)6-8-21/h5-8,19H,4,9-16,18H2,1-3H3,(H,24,28). The van der Waals surface area contributed by atoms with Crippen molar-refractivity contribution in [2.24, 2.45) is 5.92 Å². The summed E-state index contributed by atoms with van der Waals surface area (Å²) < 4.78 is 0. The van der Waals surface area contributed by atoms with Crippen LogP contribution in [0.1, 0.15) is 37.3 Å². The molecule has 1 fully saturated rings. The summed E-state index contributed by atoms with van der Waals surface area (Å²) in [6.07, 6.45) is 3.56. The summed E-state index contributed by atoms with van der Waals surface area (Å²) in [5.41, 5.74) is 1.68. The minimum absolute atomic E-state index is 0.0153. The largest absolute Gasteiger partial charge is 0.338 e. The van der Waals surface area contributed by atoms with Gasteiger partial charge in [0.2, 0.25) is 0 Å². The van der Waals surface area contributed by atoms with Crippen LogP contribution in [-0.4, -0.2) is 74.1 Å². The lowest BCUT2D eigenvalue weighted by molar-refractivity contribution is 0.181. The number of likely N-dealkylation sites (tertiary alicyclic amines) is 1. The van der Waals surface area contributed by atoms with E-state index in [1.807, 2.05) is 31.1 Å². The number of nitrogens with zero attached hydrogens (tertiary/aromatic N) is 4. The second kappa shape index (κ2) is 11.7. The minimum atomic E-state index is -0.0153. The average Bonchev–Trinajstić information content (AvgIpc) is 2.70. The number of urea groups is 1. The second-order valence-electron chi connectivity index (χ2n) is 8.14. The summed E-state index contributed by atoms with van der Waals surface area (Å²) in [6.45, 7) is 8.49. The molecule has 0 saturated carbocycles. The molecule has 0 aliphatic carbocycles. The number of carbonyl (C=O) groups is 1. The first-order chi connectivity index (χ1) is 13.5. The van der Waals surface area contributed by atoms with E-state index < -0.39 is 0 Å². The normalized spacial score (nSPS) is 15.4. The van der Waals surface area contributed by atoms with Gasteiger partial charge in [-0.05, 0) is 76.6 Å². The van der Waals surface area contributed by atoms with Crippen LogP contribution in [0, 0.1) is 17.2 Å². The first-order valence-corrected chi connectivity index (χ1v) is 10.4. The molecule has 2 amide bonds. The summed E-state index contributed by atoms with van der Waals surface area (Å²) >= 11 is 0. The molecule has 0 aromatic heterocycles. The summed E-state index contributed by atoms with van der Waals surface area (Å²) in [4.78, 5) is 19.1. The Morgan fingerprint density at radius 2 is 1.89 bits per heavy atom. The molecule has 1 aromatic rings. The van der Waals surface area contributed by atoms with E-state index in [1.165, 1.54) is 25.9 Å². The van der Waals surface area contributed by atoms with E-state index in [1.54, 1.807) is 12.1 Å². The van der Waals surface area contributed by atoms with Crippen LogP contribution < -0.4 is 5.32 Å². The lowest BCUT2D eigenvalue weighted by Gasteiger charge is -2.30. The fraction of sp³-hybridized carbons (Fsp3) is 0.636. The third-order valence-corrected chi connectivity index (χ3v) is 5.36. The number of rotatable bonds is 9. The number of nitrogens with one attached hydrogen (secondary N) is 1. The number of likely N-dealkylation sites (N-methyl/N-ethyl adjacent to an activating group) is 1. The van der Waals surface area contributed by atoms with Crippen LogP contribution >= 0.6 is 0 Å². The molecule has 6 nitrogen and oxygen atoms in total. The van der Waals surface area contributed by atoms with E-state index in [0.717, 1.165) is 31.0 Å². The molecule has 0 radical (unpaired) electrons. The molecular weight excluding hydrogens is 350 g/mol. The van der Waals surface area contributed by atoms with E-state index >= 15 is 0 Å². The SMILES string of the molecule is CC1CCN(CCCNC(=O)N(CCN(C)C)Cc2ccc(C#N)cc2)CC1. The van der Waals surface area contributed by atoms with Crippen LogP contribution in [0.25, 0.3) is 0 Å². The fourth-order valence-electron chi connectivity index (χ4n) is 3.37. The second-order valence-corrected chi connectivity index (χ2v) is 8.14. The zero-order valence-electron chi connectivity index (χ0n) is 17.7. The predicted octanol–water partition coefficient (Wildman–Crippen LogP) is 2.75. The zero-order chi connectivity index (χ0) is 20.4. The first-order valence-electron chi connectivity index (χ1n) is 10.4. The Morgan fingerprint density at radius 1 is 1.21 bits per heavy atom. The van der Waals surface area contributed by atoms with Crippen molar-refractivity contribution in [3.8, 4) is 6.07 Å². The van der Waals surface area contributed by atoms with Gasteiger partial charge in [0.25, 0.3) is 0 Å². The summed E-state index contributed by atoms with van der Waals surface area (Å²) in [5, 5.41) is 12.0. The molecule has 6 heteroatoms. The molecule has 2 rings (SSSR count). The summed E-state index contributed by atoms with van der Waals surface area (Å²) in [6, 6.07) is 9.56. The van der Waals surface area contributed by atoms with Gasteiger partial charge in [0.05, 0.1) is 11.6 Å². The molecule has 1 aliphatic rings. The Morgan fingerprint density at radius 3 is 2.50 bits per heavy atom. The lowest BCUT2D eigenvalue weighted by atomic mass is 9.99. The van der Waals surface area contributed by atoms with E-state index in [9.17, 15) is 4.79 Å². The Balaban J connectivity index is 1.79. The van der Waals surface area contributed by atoms with Gasteiger partial charge < -0.3 is 20.0 Å². The van der Waals surface area contributed by atoms with Gasteiger partial charge in [0.15, 0.2) is 0 Å². The molecule has 1 aliphatic heterocycles. The van der Waals surface area contributed by atoms with Gasteiger partial charge in [-0.3, -0.25) is 0 Å². The zero-order valence-corrected chi connectivity index (χ0v) is 17.7. The van der Waals surface area contributed by atoms with Crippen molar-refractivity contribution in [1.29, 1.82) is 5.26 Å². The average molecular weight is 386 g/mol. The number of benzene rings is 1. The van der Waals surface area contributed by atoms with Gasteiger partial charge in [-0.2, -0.15) is 5.26 Å². The van der Waals surface area contributed by atoms with Crippen molar-refractivity contribution in [2.75, 3.05) is 53.4 Å². The van der Waals surface area contributed by atoms with Crippen molar-refractivity contribution in [2.45, 2.75) is 32.7 Å². The number of carbonyl (C=O) groups excluding carboxylic acids is 1. The maximum absolute atomic E-state index is 12.7. The molecular formula is C22H35N5O. The topological polar surface area (TPSA) is 62.6 Å². The van der Waals surface area contributed by atoms with Crippen LogP contribution in [-0.2, 0) is 6.54 Å². The summed E-state index contributed by atoms with van der Waals surface area (Å²) in [7, 11) is 4.02. The van der Waals surface area contributed by atoms with Gasteiger partial charge in [0, 0.05) is 26.2 Å². The predicted molar refractivity (Wildman–Crippen MR) is 113 cm³/mol. The first kappa shape index (κ1) is 22.2. The Hall–Kier alpha value is -2.10. The molecule has 1 heterocycles. The van der Waals surface area contributed by atoms with Crippen molar-refractivity contribution in [3.63, 3.8) is 0 Å². The van der Waals surface area contributed by atoms with Gasteiger partial charge >= 0.3 is 6.03 Å². The van der Waals surface area contributed by atoms with Gasteiger partial charge in [-0.15, -0.1) is 0 Å². The number of piperidine rings is 1. The third-order valence-electron chi connectivity index (χ3n) is 5.36. The Kier molecular flexibility index (Phi) is 9.26. The Bertz CT molecular complexity index is 629. The van der Waals surface area contributed by atoms with Crippen molar-refractivity contribution in [1.82, 2.24) is 20.0 Å². The maximum atomic E-state index is 12.7. The quantitative estimate of drug-likeness (QED) is 0.664. The highest BCUT2D eigenvalue weighted by Gasteiger charge is 2.16. The van der Waals surface area contributed by atoms with Crippen molar-refractivity contribution < 1.29 is 4.79 Å². The van der Waals surface area contributed by atoms with Crippen LogP contribution in [0.2, 0.25) is 0 Å². The number of hydrogen-bond donors (Lipinski definition) is 1. The minimum Gasteiger partial charge on any atom is -0.338 e. The fourth-order valence-corrected chi connectivity index (χ4v) is 3.37. The number of amides is 2. The van der Waals surface area contributed by atoms with E-state index in [-0.39, 0.29) is 6.03 Å². The van der Waals surface area contributed by atoms with Crippen molar-refractivity contribution in [3.05, 3.63) is 35.4 Å². The third kappa shape index (κ3) is 7.87. The van der Waals surface area contributed by atoms with Gasteiger partial charge in [-0.1, -0.05) is 19.1 Å². The highest BCUT2D eigenvalue weighted by atomic mass is 16.2. The highest BCUT2D eigenvalue weighted by Crippen LogP contribution is 2.15. The molecule has 0 unspecified atom stereocenters. The van der Waals surface area contributed by atoms with Gasteiger partial charge in [0.1, 0.15) is 0 Å². The highest BCUT2D eigenvalue weighted by molar-refractivity contribution is 5.74. The molecule has 1 saturated heterocycles. The molecule has 0 bridgehead atoms. The lowest BCUT2D eigenvalue weighted by Crippen LogP contribution is -2.43. The molecule has 0 spiro atoms. The van der Waals surface area contributed by atoms with Gasteiger partial charge in [-0.25, -0.2) is 4.79 Å².